The summed E-state index contributed by atoms with van der Waals surface area (Å²) in [4.78, 5) is 6.82. The number of hydrogen-bond donors (Lipinski definition) is 2. The van der Waals surface area contributed by atoms with Gasteiger partial charge in [0.15, 0.2) is 0 Å². The first kappa shape index (κ1) is 12.2. The van der Waals surface area contributed by atoms with Crippen molar-refractivity contribution in [1.29, 1.82) is 0 Å². The molecule has 0 amide bonds. The van der Waals surface area contributed by atoms with Crippen LogP contribution in [0.1, 0.15) is 17.0 Å². The quantitative estimate of drug-likeness (QED) is 0.865. The van der Waals surface area contributed by atoms with Crippen molar-refractivity contribution in [2.24, 2.45) is 0 Å². The van der Waals surface area contributed by atoms with Gasteiger partial charge in [0.05, 0.1) is 0 Å². The van der Waals surface area contributed by atoms with E-state index in [0.717, 1.165) is 44.4 Å². The van der Waals surface area contributed by atoms with Crippen molar-refractivity contribution < 1.29 is 0 Å². The zero-order chi connectivity index (χ0) is 13.1. The van der Waals surface area contributed by atoms with E-state index in [1.165, 1.54) is 11.1 Å². The van der Waals surface area contributed by atoms with Gasteiger partial charge in [0.2, 0.25) is 5.95 Å². The molecular weight excluding hydrogens is 238 g/mol. The number of nitrogens with zero attached hydrogens (tertiary/aromatic N) is 3. The largest absolute Gasteiger partial charge is 0.337 e. The molecule has 1 aromatic carbocycles. The maximum absolute atomic E-state index is 4.60. The summed E-state index contributed by atoms with van der Waals surface area (Å²) in [5.41, 5.74) is 2.59. The maximum atomic E-state index is 4.60. The molecule has 0 bridgehead atoms. The molecule has 1 aliphatic rings. The Kier molecular flexibility index (Phi) is 3.46. The highest BCUT2D eigenvalue weighted by atomic mass is 15.4. The molecule has 0 aliphatic carbocycles. The fraction of sp³-hybridized carbons (Fsp3) is 0.429. The molecular formula is C14H19N5. The van der Waals surface area contributed by atoms with Gasteiger partial charge in [0, 0.05) is 32.6 Å². The number of piperazine rings is 1. The van der Waals surface area contributed by atoms with Crippen LogP contribution in [0.5, 0.6) is 0 Å². The third kappa shape index (κ3) is 2.76. The van der Waals surface area contributed by atoms with Gasteiger partial charge in [0.25, 0.3) is 0 Å². The molecule has 100 valence electrons. The molecule has 0 atom stereocenters. The second-order valence-corrected chi connectivity index (χ2v) is 4.92. The van der Waals surface area contributed by atoms with Gasteiger partial charge in [-0.25, -0.2) is 0 Å². The first-order chi connectivity index (χ1) is 9.33. The van der Waals surface area contributed by atoms with Crippen molar-refractivity contribution in [2.75, 3.05) is 31.1 Å². The molecule has 1 aromatic heterocycles. The highest BCUT2D eigenvalue weighted by molar-refractivity contribution is 5.32. The summed E-state index contributed by atoms with van der Waals surface area (Å²) in [6, 6.07) is 8.40. The van der Waals surface area contributed by atoms with Crippen LogP contribution in [0.25, 0.3) is 0 Å². The van der Waals surface area contributed by atoms with Gasteiger partial charge >= 0.3 is 0 Å². The zero-order valence-corrected chi connectivity index (χ0v) is 11.2. The molecule has 2 N–H and O–H groups in total. The summed E-state index contributed by atoms with van der Waals surface area (Å²) in [6.45, 7) is 6.08. The van der Waals surface area contributed by atoms with E-state index in [0.29, 0.717) is 0 Å². The van der Waals surface area contributed by atoms with E-state index in [9.17, 15) is 0 Å². The van der Waals surface area contributed by atoms with Crippen molar-refractivity contribution in [3.63, 3.8) is 0 Å². The average molecular weight is 257 g/mol. The Labute approximate surface area is 113 Å². The number of benzene rings is 1. The van der Waals surface area contributed by atoms with Gasteiger partial charge in [-0.2, -0.15) is 4.98 Å². The van der Waals surface area contributed by atoms with Crippen LogP contribution in [0.4, 0.5) is 5.95 Å². The molecule has 1 saturated heterocycles. The monoisotopic (exact) mass is 257 g/mol. The first-order valence-corrected chi connectivity index (χ1v) is 6.74. The van der Waals surface area contributed by atoms with Crippen LogP contribution in [0.15, 0.2) is 24.3 Å². The number of aromatic nitrogens is 3. The predicted octanol–water partition coefficient (Wildman–Crippen LogP) is 1.11. The van der Waals surface area contributed by atoms with E-state index >= 15 is 0 Å². The third-order valence-electron chi connectivity index (χ3n) is 3.54. The Morgan fingerprint density at radius 3 is 2.79 bits per heavy atom. The summed E-state index contributed by atoms with van der Waals surface area (Å²) < 4.78 is 0. The average Bonchev–Trinajstić information content (AvgIpc) is 2.91. The number of aryl methyl sites for hydroxylation is 1. The minimum atomic E-state index is 0.811. The van der Waals surface area contributed by atoms with Crippen molar-refractivity contribution in [1.82, 2.24) is 20.5 Å². The summed E-state index contributed by atoms with van der Waals surface area (Å²) in [6.07, 6.45) is 0.811. The van der Waals surface area contributed by atoms with E-state index in [2.05, 4.69) is 56.6 Å². The predicted molar refractivity (Wildman–Crippen MR) is 75.5 cm³/mol. The molecule has 2 heterocycles. The van der Waals surface area contributed by atoms with Gasteiger partial charge in [-0.05, 0) is 18.1 Å². The minimum absolute atomic E-state index is 0.811. The van der Waals surface area contributed by atoms with Crippen LogP contribution in [0.2, 0.25) is 0 Å². The molecule has 19 heavy (non-hydrogen) atoms. The van der Waals surface area contributed by atoms with Gasteiger partial charge < -0.3 is 10.2 Å². The number of aromatic amines is 1. The summed E-state index contributed by atoms with van der Waals surface area (Å²) >= 11 is 0. The lowest BCUT2D eigenvalue weighted by molar-refractivity contribution is 0.580. The van der Waals surface area contributed by atoms with Gasteiger partial charge in [0.1, 0.15) is 5.82 Å². The number of rotatable bonds is 3. The van der Waals surface area contributed by atoms with E-state index in [4.69, 9.17) is 0 Å². The standard InChI is InChI=1S/C14H19N5/c1-11-4-2-3-5-12(11)10-13-16-14(18-17-13)19-8-6-15-7-9-19/h2-5,15H,6-10H2,1H3,(H,16,17,18). The lowest BCUT2D eigenvalue weighted by atomic mass is 10.1. The SMILES string of the molecule is Cc1ccccc1Cc1nc(N2CCNCC2)n[nH]1. The van der Waals surface area contributed by atoms with Crippen LogP contribution < -0.4 is 10.2 Å². The Balaban J connectivity index is 1.73. The number of anilines is 1. The number of H-pyrrole nitrogens is 1. The Morgan fingerprint density at radius 2 is 2.00 bits per heavy atom. The molecule has 2 aromatic rings. The fourth-order valence-corrected chi connectivity index (χ4v) is 2.36. The fourth-order valence-electron chi connectivity index (χ4n) is 2.36. The van der Waals surface area contributed by atoms with Crippen LogP contribution >= 0.6 is 0 Å². The molecule has 0 saturated carbocycles. The Hall–Kier alpha value is -1.88. The molecule has 0 unspecified atom stereocenters. The van der Waals surface area contributed by atoms with Crippen LogP contribution in [0.3, 0.4) is 0 Å². The van der Waals surface area contributed by atoms with E-state index < -0.39 is 0 Å². The normalized spacial score (nSPS) is 15.7. The first-order valence-electron chi connectivity index (χ1n) is 6.74. The van der Waals surface area contributed by atoms with Crippen LogP contribution in [-0.2, 0) is 6.42 Å². The molecule has 0 radical (unpaired) electrons. The molecule has 1 fully saturated rings. The highest BCUT2D eigenvalue weighted by Gasteiger charge is 2.15. The lowest BCUT2D eigenvalue weighted by Gasteiger charge is -2.25. The highest BCUT2D eigenvalue weighted by Crippen LogP contribution is 2.13. The third-order valence-corrected chi connectivity index (χ3v) is 3.54. The van der Waals surface area contributed by atoms with E-state index in [1.54, 1.807) is 0 Å². The van der Waals surface area contributed by atoms with Crippen molar-refractivity contribution in [3.8, 4) is 0 Å². The molecule has 3 rings (SSSR count). The molecule has 0 spiro atoms. The van der Waals surface area contributed by atoms with Gasteiger partial charge in [-0.3, -0.25) is 5.10 Å². The maximum Gasteiger partial charge on any atom is 0.244 e. The van der Waals surface area contributed by atoms with Crippen LogP contribution in [0, 0.1) is 6.92 Å². The van der Waals surface area contributed by atoms with Crippen LogP contribution in [-0.4, -0.2) is 41.4 Å². The minimum Gasteiger partial charge on any atom is -0.337 e. The van der Waals surface area contributed by atoms with E-state index in [1.807, 2.05) is 0 Å². The summed E-state index contributed by atoms with van der Waals surface area (Å²) in [5.74, 6) is 1.76. The van der Waals surface area contributed by atoms with E-state index in [-0.39, 0.29) is 0 Å². The molecule has 5 nitrogen and oxygen atoms in total. The second-order valence-electron chi connectivity index (χ2n) is 4.92. The molecule has 5 heteroatoms. The van der Waals surface area contributed by atoms with Gasteiger partial charge in [-0.15, -0.1) is 5.10 Å². The Morgan fingerprint density at radius 1 is 1.21 bits per heavy atom. The number of hydrogen-bond acceptors (Lipinski definition) is 4. The van der Waals surface area contributed by atoms with Crippen molar-refractivity contribution >= 4 is 5.95 Å². The van der Waals surface area contributed by atoms with Gasteiger partial charge in [-0.1, -0.05) is 24.3 Å². The molecule has 1 aliphatic heterocycles. The zero-order valence-electron chi connectivity index (χ0n) is 11.2. The lowest BCUT2D eigenvalue weighted by Crippen LogP contribution is -2.44. The smallest absolute Gasteiger partial charge is 0.244 e. The summed E-state index contributed by atoms with van der Waals surface area (Å²) in [5, 5.41) is 10.7. The number of nitrogens with one attached hydrogen (secondary N) is 2. The second kappa shape index (κ2) is 5.40. The van der Waals surface area contributed by atoms with Crippen molar-refractivity contribution in [2.45, 2.75) is 13.3 Å². The summed E-state index contributed by atoms with van der Waals surface area (Å²) in [7, 11) is 0. The van der Waals surface area contributed by atoms with Crippen molar-refractivity contribution in [3.05, 3.63) is 41.2 Å². The Bertz CT molecular complexity index is 542. The topological polar surface area (TPSA) is 56.8 Å².